The number of rotatable bonds is 3. The summed E-state index contributed by atoms with van der Waals surface area (Å²) in [4.78, 5) is 19.1. The second-order valence-corrected chi connectivity index (χ2v) is 5.95. The zero-order valence-corrected chi connectivity index (χ0v) is 12.0. The van der Waals surface area contributed by atoms with Gasteiger partial charge in [0.15, 0.2) is 5.82 Å². The van der Waals surface area contributed by atoms with E-state index in [2.05, 4.69) is 9.88 Å². The van der Waals surface area contributed by atoms with Crippen LogP contribution < -0.4 is 10.6 Å². The van der Waals surface area contributed by atoms with Crippen molar-refractivity contribution in [3.8, 4) is 10.6 Å². The largest absolute Gasteiger partial charge is 0.365 e. The number of benzene rings is 1. The van der Waals surface area contributed by atoms with E-state index in [9.17, 15) is 4.79 Å². The van der Waals surface area contributed by atoms with Crippen LogP contribution in [0.5, 0.6) is 0 Å². The van der Waals surface area contributed by atoms with Gasteiger partial charge in [-0.05, 0) is 19.3 Å². The standard InChI is InChI=1S/C15H17N3OS/c16-13(19)12-14(18-9-5-2-6-10-18)17-15(20-12)11-7-3-1-4-8-11/h1,3-4,7-8H,2,5-6,9-10H2,(H2,16,19). The molecule has 1 aromatic carbocycles. The molecule has 1 fully saturated rings. The predicted molar refractivity (Wildman–Crippen MR) is 82.1 cm³/mol. The molecule has 1 amide bonds. The number of hydrogen-bond acceptors (Lipinski definition) is 4. The van der Waals surface area contributed by atoms with Gasteiger partial charge in [-0.1, -0.05) is 30.3 Å². The van der Waals surface area contributed by atoms with Crippen molar-refractivity contribution in [2.75, 3.05) is 18.0 Å². The van der Waals surface area contributed by atoms with Crippen LogP contribution in [0.1, 0.15) is 28.9 Å². The van der Waals surface area contributed by atoms with Crippen LogP contribution in [0.4, 0.5) is 5.82 Å². The van der Waals surface area contributed by atoms with Crippen molar-refractivity contribution in [2.24, 2.45) is 5.73 Å². The molecule has 0 aliphatic carbocycles. The van der Waals surface area contributed by atoms with Gasteiger partial charge in [0.1, 0.15) is 9.88 Å². The summed E-state index contributed by atoms with van der Waals surface area (Å²) in [6, 6.07) is 9.92. The lowest BCUT2D eigenvalue weighted by atomic mass is 10.1. The van der Waals surface area contributed by atoms with Crippen molar-refractivity contribution in [1.29, 1.82) is 0 Å². The number of hydrogen-bond donors (Lipinski definition) is 1. The highest BCUT2D eigenvalue weighted by Gasteiger charge is 2.22. The van der Waals surface area contributed by atoms with Gasteiger partial charge in [-0.25, -0.2) is 4.98 Å². The Morgan fingerprint density at radius 1 is 1.15 bits per heavy atom. The molecule has 20 heavy (non-hydrogen) atoms. The molecule has 1 saturated heterocycles. The molecule has 0 atom stereocenters. The third-order valence-corrected chi connectivity index (χ3v) is 4.62. The monoisotopic (exact) mass is 287 g/mol. The van der Waals surface area contributed by atoms with Crippen molar-refractivity contribution in [3.05, 3.63) is 35.2 Å². The van der Waals surface area contributed by atoms with E-state index in [0.717, 1.165) is 42.3 Å². The van der Waals surface area contributed by atoms with E-state index in [1.54, 1.807) is 0 Å². The second kappa shape index (κ2) is 5.63. The minimum atomic E-state index is -0.384. The molecule has 1 aliphatic rings. The molecule has 1 aromatic heterocycles. The van der Waals surface area contributed by atoms with Gasteiger partial charge in [-0.15, -0.1) is 11.3 Å². The van der Waals surface area contributed by atoms with Crippen molar-refractivity contribution in [1.82, 2.24) is 4.98 Å². The average Bonchev–Trinajstić information content (AvgIpc) is 2.94. The number of nitrogens with zero attached hydrogens (tertiary/aromatic N) is 2. The molecule has 2 heterocycles. The average molecular weight is 287 g/mol. The third-order valence-electron chi connectivity index (χ3n) is 3.51. The van der Waals surface area contributed by atoms with Gasteiger partial charge in [-0.3, -0.25) is 4.79 Å². The van der Waals surface area contributed by atoms with Crippen molar-refractivity contribution in [3.63, 3.8) is 0 Å². The maximum absolute atomic E-state index is 11.7. The first-order chi connectivity index (χ1) is 9.75. The van der Waals surface area contributed by atoms with Crippen LogP contribution in [0, 0.1) is 0 Å². The summed E-state index contributed by atoms with van der Waals surface area (Å²) in [5.74, 6) is 0.381. The number of nitrogens with two attached hydrogens (primary N) is 1. The van der Waals surface area contributed by atoms with Gasteiger partial charge < -0.3 is 10.6 Å². The summed E-state index contributed by atoms with van der Waals surface area (Å²) >= 11 is 1.39. The number of carbonyl (C=O) groups is 1. The molecule has 2 N–H and O–H groups in total. The molecular formula is C15H17N3OS. The normalized spacial score (nSPS) is 15.3. The number of piperidine rings is 1. The first-order valence-corrected chi connectivity index (χ1v) is 7.68. The SMILES string of the molecule is NC(=O)c1sc(-c2ccccc2)nc1N1CCCCC1. The number of primary amides is 1. The lowest BCUT2D eigenvalue weighted by Crippen LogP contribution is -2.31. The number of thiazole rings is 1. The molecule has 4 nitrogen and oxygen atoms in total. The molecule has 3 rings (SSSR count). The first-order valence-electron chi connectivity index (χ1n) is 6.87. The van der Waals surface area contributed by atoms with Crippen molar-refractivity contribution >= 4 is 23.1 Å². The summed E-state index contributed by atoms with van der Waals surface area (Å²) < 4.78 is 0. The molecule has 104 valence electrons. The summed E-state index contributed by atoms with van der Waals surface area (Å²) in [6.45, 7) is 1.91. The fourth-order valence-electron chi connectivity index (χ4n) is 2.50. The highest BCUT2D eigenvalue weighted by molar-refractivity contribution is 7.17. The molecule has 0 radical (unpaired) electrons. The highest BCUT2D eigenvalue weighted by Crippen LogP contribution is 2.33. The van der Waals surface area contributed by atoms with Crippen LogP contribution in [0.3, 0.4) is 0 Å². The minimum Gasteiger partial charge on any atom is -0.365 e. The molecule has 2 aromatic rings. The number of amides is 1. The summed E-state index contributed by atoms with van der Waals surface area (Å²) in [7, 11) is 0. The lowest BCUT2D eigenvalue weighted by molar-refractivity contribution is 0.100. The van der Waals surface area contributed by atoms with Crippen LogP contribution in [0.15, 0.2) is 30.3 Å². The number of aromatic nitrogens is 1. The maximum Gasteiger partial charge on any atom is 0.262 e. The topological polar surface area (TPSA) is 59.2 Å². The van der Waals surface area contributed by atoms with Crippen LogP contribution in [0.25, 0.3) is 10.6 Å². The van der Waals surface area contributed by atoms with Gasteiger partial charge in [0.05, 0.1) is 0 Å². The molecule has 0 spiro atoms. The van der Waals surface area contributed by atoms with E-state index >= 15 is 0 Å². The Hall–Kier alpha value is -1.88. The van der Waals surface area contributed by atoms with E-state index in [1.807, 2.05) is 30.3 Å². The van der Waals surface area contributed by atoms with Crippen LogP contribution in [0.2, 0.25) is 0 Å². The van der Waals surface area contributed by atoms with Gasteiger partial charge >= 0.3 is 0 Å². The highest BCUT2D eigenvalue weighted by atomic mass is 32.1. The molecule has 0 unspecified atom stereocenters. The van der Waals surface area contributed by atoms with Crippen molar-refractivity contribution < 1.29 is 4.79 Å². The summed E-state index contributed by atoms with van der Waals surface area (Å²) in [5.41, 5.74) is 6.55. The Morgan fingerprint density at radius 3 is 2.50 bits per heavy atom. The van der Waals surface area contributed by atoms with Gasteiger partial charge in [0.25, 0.3) is 5.91 Å². The van der Waals surface area contributed by atoms with Crippen molar-refractivity contribution in [2.45, 2.75) is 19.3 Å². The number of anilines is 1. The Labute approximate surface area is 122 Å². The van der Waals surface area contributed by atoms with Gasteiger partial charge in [0, 0.05) is 18.7 Å². The fraction of sp³-hybridized carbons (Fsp3) is 0.333. The predicted octanol–water partition coefficient (Wildman–Crippen LogP) is 2.90. The molecule has 0 bridgehead atoms. The van der Waals surface area contributed by atoms with Crippen LogP contribution in [-0.2, 0) is 0 Å². The quantitative estimate of drug-likeness (QED) is 0.944. The minimum absolute atomic E-state index is 0.384. The molecular weight excluding hydrogens is 270 g/mol. The van der Waals surface area contributed by atoms with E-state index in [-0.39, 0.29) is 5.91 Å². The van der Waals surface area contributed by atoms with Crippen LogP contribution in [-0.4, -0.2) is 24.0 Å². The fourth-order valence-corrected chi connectivity index (χ4v) is 3.44. The molecule has 0 saturated carbocycles. The maximum atomic E-state index is 11.7. The van der Waals surface area contributed by atoms with E-state index < -0.39 is 0 Å². The van der Waals surface area contributed by atoms with E-state index in [0.29, 0.717) is 4.88 Å². The van der Waals surface area contributed by atoms with Gasteiger partial charge in [-0.2, -0.15) is 0 Å². The number of carbonyl (C=O) groups excluding carboxylic acids is 1. The Morgan fingerprint density at radius 2 is 1.85 bits per heavy atom. The summed E-state index contributed by atoms with van der Waals surface area (Å²) in [5, 5.41) is 0.861. The van der Waals surface area contributed by atoms with E-state index in [4.69, 9.17) is 5.73 Å². The zero-order valence-electron chi connectivity index (χ0n) is 11.2. The lowest BCUT2D eigenvalue weighted by Gasteiger charge is -2.27. The zero-order chi connectivity index (χ0) is 13.9. The Balaban J connectivity index is 2.00. The third kappa shape index (κ3) is 2.54. The first kappa shape index (κ1) is 13.1. The summed E-state index contributed by atoms with van der Waals surface area (Å²) in [6.07, 6.45) is 3.55. The van der Waals surface area contributed by atoms with Crippen LogP contribution >= 0.6 is 11.3 Å². The van der Waals surface area contributed by atoms with Gasteiger partial charge in [0.2, 0.25) is 0 Å². The molecule has 5 heteroatoms. The Bertz CT molecular complexity index is 603. The van der Waals surface area contributed by atoms with E-state index in [1.165, 1.54) is 17.8 Å². The molecule has 1 aliphatic heterocycles. The Kier molecular flexibility index (Phi) is 3.69. The smallest absolute Gasteiger partial charge is 0.262 e. The second-order valence-electron chi connectivity index (χ2n) is 4.95.